The number of halogens is 2. The number of benzene rings is 1. The molecule has 0 bridgehead atoms. The second kappa shape index (κ2) is 5.03. The molecule has 0 aromatic heterocycles. The Balaban J connectivity index is 2.53. The standard InChI is InChI=1S/C11H12ClF/c1-2-3-11(13)8-9-4-6-10(12)7-5-9/h2,4-7,11H,1,3,8H2. The highest BCUT2D eigenvalue weighted by Gasteiger charge is 2.04. The van der Waals surface area contributed by atoms with Crippen molar-refractivity contribution in [2.45, 2.75) is 19.0 Å². The van der Waals surface area contributed by atoms with Crippen molar-refractivity contribution < 1.29 is 4.39 Å². The normalized spacial score (nSPS) is 12.5. The van der Waals surface area contributed by atoms with E-state index in [0.29, 0.717) is 17.9 Å². The molecule has 0 heterocycles. The highest BCUT2D eigenvalue weighted by Crippen LogP contribution is 2.13. The molecule has 1 atom stereocenters. The van der Waals surface area contributed by atoms with Crippen molar-refractivity contribution in [1.82, 2.24) is 0 Å². The molecule has 0 aliphatic rings. The number of hydrogen-bond acceptors (Lipinski definition) is 0. The Kier molecular flexibility index (Phi) is 3.97. The molecule has 70 valence electrons. The molecule has 0 saturated carbocycles. The van der Waals surface area contributed by atoms with Crippen LogP contribution in [0.4, 0.5) is 4.39 Å². The molecule has 1 aromatic carbocycles. The highest BCUT2D eigenvalue weighted by molar-refractivity contribution is 6.30. The lowest BCUT2D eigenvalue weighted by Gasteiger charge is -2.04. The zero-order valence-electron chi connectivity index (χ0n) is 7.34. The molecule has 0 aliphatic carbocycles. The molecule has 0 spiro atoms. The van der Waals surface area contributed by atoms with Gasteiger partial charge in [0.25, 0.3) is 0 Å². The van der Waals surface area contributed by atoms with E-state index in [0.717, 1.165) is 5.56 Å². The summed E-state index contributed by atoms with van der Waals surface area (Å²) in [6.45, 7) is 3.50. The second-order valence-corrected chi connectivity index (χ2v) is 3.39. The van der Waals surface area contributed by atoms with E-state index in [1.54, 1.807) is 18.2 Å². The smallest absolute Gasteiger partial charge is 0.108 e. The van der Waals surface area contributed by atoms with Gasteiger partial charge >= 0.3 is 0 Å². The van der Waals surface area contributed by atoms with Crippen LogP contribution in [0.5, 0.6) is 0 Å². The Morgan fingerprint density at radius 1 is 1.38 bits per heavy atom. The van der Waals surface area contributed by atoms with Crippen molar-refractivity contribution in [2.24, 2.45) is 0 Å². The molecule has 0 amide bonds. The molecule has 2 heteroatoms. The monoisotopic (exact) mass is 198 g/mol. The fourth-order valence-corrected chi connectivity index (χ4v) is 1.27. The third-order valence-electron chi connectivity index (χ3n) is 1.79. The summed E-state index contributed by atoms with van der Waals surface area (Å²) in [5.74, 6) is 0. The summed E-state index contributed by atoms with van der Waals surface area (Å²) in [6, 6.07) is 7.24. The molecule has 0 saturated heterocycles. The third-order valence-corrected chi connectivity index (χ3v) is 2.04. The van der Waals surface area contributed by atoms with Gasteiger partial charge < -0.3 is 0 Å². The van der Waals surface area contributed by atoms with Crippen molar-refractivity contribution in [3.8, 4) is 0 Å². The molecule has 1 rings (SSSR count). The lowest BCUT2D eigenvalue weighted by molar-refractivity contribution is 0.335. The summed E-state index contributed by atoms with van der Waals surface area (Å²) >= 11 is 5.70. The first-order valence-electron chi connectivity index (χ1n) is 4.22. The fraction of sp³-hybridized carbons (Fsp3) is 0.273. The second-order valence-electron chi connectivity index (χ2n) is 2.95. The van der Waals surface area contributed by atoms with E-state index in [1.807, 2.05) is 12.1 Å². The molecule has 0 aliphatic heterocycles. The largest absolute Gasteiger partial charge is 0.247 e. The SMILES string of the molecule is C=CCC(F)Cc1ccc(Cl)cc1. The summed E-state index contributed by atoms with van der Waals surface area (Å²) < 4.78 is 13.1. The maximum absolute atomic E-state index is 13.1. The molecule has 0 radical (unpaired) electrons. The van der Waals surface area contributed by atoms with E-state index in [-0.39, 0.29) is 0 Å². The Morgan fingerprint density at radius 2 is 2.00 bits per heavy atom. The minimum Gasteiger partial charge on any atom is -0.247 e. The van der Waals surface area contributed by atoms with Gasteiger partial charge in [-0.05, 0) is 24.1 Å². The van der Waals surface area contributed by atoms with Crippen molar-refractivity contribution in [2.75, 3.05) is 0 Å². The lowest BCUT2D eigenvalue weighted by Crippen LogP contribution is -2.02. The van der Waals surface area contributed by atoms with Gasteiger partial charge in [0.1, 0.15) is 6.17 Å². The molecule has 0 N–H and O–H groups in total. The topological polar surface area (TPSA) is 0 Å². The molecule has 13 heavy (non-hydrogen) atoms. The van der Waals surface area contributed by atoms with Crippen LogP contribution in [0.1, 0.15) is 12.0 Å². The van der Waals surface area contributed by atoms with Crippen LogP contribution in [-0.4, -0.2) is 6.17 Å². The van der Waals surface area contributed by atoms with Crippen LogP contribution in [0.2, 0.25) is 5.02 Å². The van der Waals surface area contributed by atoms with Crippen LogP contribution in [-0.2, 0) is 6.42 Å². The molecule has 0 fully saturated rings. The first kappa shape index (κ1) is 10.3. The predicted octanol–water partition coefficient (Wildman–Crippen LogP) is 3.80. The van der Waals surface area contributed by atoms with Crippen LogP contribution in [0, 0.1) is 0 Å². The van der Waals surface area contributed by atoms with Gasteiger partial charge in [-0.1, -0.05) is 29.8 Å². The van der Waals surface area contributed by atoms with Crippen LogP contribution in [0.3, 0.4) is 0 Å². The third kappa shape index (κ3) is 3.60. The van der Waals surface area contributed by atoms with E-state index >= 15 is 0 Å². The van der Waals surface area contributed by atoms with Gasteiger partial charge in [0.15, 0.2) is 0 Å². The van der Waals surface area contributed by atoms with Gasteiger partial charge in [-0.3, -0.25) is 0 Å². The summed E-state index contributed by atoms with van der Waals surface area (Å²) in [4.78, 5) is 0. The Bertz CT molecular complexity index is 266. The number of alkyl halides is 1. The van der Waals surface area contributed by atoms with E-state index in [2.05, 4.69) is 6.58 Å². The van der Waals surface area contributed by atoms with Gasteiger partial charge in [-0.2, -0.15) is 0 Å². The average Bonchev–Trinajstić information content (AvgIpc) is 2.09. The quantitative estimate of drug-likeness (QED) is 0.646. The minimum atomic E-state index is -0.835. The molecule has 0 nitrogen and oxygen atoms in total. The van der Waals surface area contributed by atoms with Crippen LogP contribution in [0.15, 0.2) is 36.9 Å². The first-order chi connectivity index (χ1) is 6.22. The maximum Gasteiger partial charge on any atom is 0.108 e. The first-order valence-corrected chi connectivity index (χ1v) is 4.59. The summed E-state index contributed by atoms with van der Waals surface area (Å²) in [7, 11) is 0. The van der Waals surface area contributed by atoms with Crippen LogP contribution >= 0.6 is 11.6 Å². The average molecular weight is 199 g/mol. The molecular formula is C11H12ClF. The molecule has 1 aromatic rings. The van der Waals surface area contributed by atoms with E-state index in [1.165, 1.54) is 0 Å². The fourth-order valence-electron chi connectivity index (χ4n) is 1.14. The highest BCUT2D eigenvalue weighted by atomic mass is 35.5. The summed E-state index contributed by atoms with van der Waals surface area (Å²) in [5, 5.41) is 0.683. The Morgan fingerprint density at radius 3 is 2.54 bits per heavy atom. The van der Waals surface area contributed by atoms with Gasteiger partial charge in [-0.25, -0.2) is 4.39 Å². The van der Waals surface area contributed by atoms with Crippen molar-refractivity contribution in [1.29, 1.82) is 0 Å². The van der Waals surface area contributed by atoms with E-state index < -0.39 is 6.17 Å². The van der Waals surface area contributed by atoms with Gasteiger partial charge in [0, 0.05) is 11.4 Å². The van der Waals surface area contributed by atoms with Crippen molar-refractivity contribution >= 4 is 11.6 Å². The Labute approximate surface area is 83.0 Å². The van der Waals surface area contributed by atoms with Crippen molar-refractivity contribution in [3.05, 3.63) is 47.5 Å². The van der Waals surface area contributed by atoms with E-state index in [4.69, 9.17) is 11.6 Å². The summed E-state index contributed by atoms with van der Waals surface area (Å²) in [5.41, 5.74) is 0.971. The van der Waals surface area contributed by atoms with E-state index in [9.17, 15) is 4.39 Å². The maximum atomic E-state index is 13.1. The van der Waals surface area contributed by atoms with Gasteiger partial charge in [0.2, 0.25) is 0 Å². The number of allylic oxidation sites excluding steroid dienone is 1. The van der Waals surface area contributed by atoms with Crippen LogP contribution in [0.25, 0.3) is 0 Å². The van der Waals surface area contributed by atoms with Crippen LogP contribution < -0.4 is 0 Å². The predicted molar refractivity (Wildman–Crippen MR) is 54.9 cm³/mol. The summed E-state index contributed by atoms with van der Waals surface area (Å²) in [6.07, 6.45) is 1.60. The molecule has 1 unspecified atom stereocenters. The molecular weight excluding hydrogens is 187 g/mol. The zero-order valence-corrected chi connectivity index (χ0v) is 8.10. The Hall–Kier alpha value is -0.820. The zero-order chi connectivity index (χ0) is 9.68. The minimum absolute atomic E-state index is 0.405. The van der Waals surface area contributed by atoms with Gasteiger partial charge in [-0.15, -0.1) is 6.58 Å². The number of rotatable bonds is 4. The van der Waals surface area contributed by atoms with Crippen molar-refractivity contribution in [3.63, 3.8) is 0 Å². The van der Waals surface area contributed by atoms with Gasteiger partial charge in [0.05, 0.1) is 0 Å². The lowest BCUT2D eigenvalue weighted by atomic mass is 10.1. The number of hydrogen-bond donors (Lipinski definition) is 0.